The lowest BCUT2D eigenvalue weighted by molar-refractivity contribution is 0.396. The average Bonchev–Trinajstić information content (AvgIpc) is 3.06. The molecule has 0 amide bonds. The fraction of sp³-hybridized carbons (Fsp3) is 0.429. The molecule has 6 nitrogen and oxygen atoms in total. The third-order valence-electron chi connectivity index (χ3n) is 3.96. The van der Waals surface area contributed by atoms with Gasteiger partial charge in [-0.05, 0) is 37.5 Å². The Morgan fingerprint density at radius 3 is 2.59 bits per heavy atom. The second-order valence-electron chi connectivity index (χ2n) is 5.38. The maximum atomic E-state index is 13.0. The Bertz CT molecular complexity index is 789. The van der Waals surface area contributed by atoms with Gasteiger partial charge in [0.05, 0.1) is 11.7 Å². The molecule has 1 aliphatic heterocycles. The van der Waals surface area contributed by atoms with E-state index in [4.69, 9.17) is 11.6 Å². The maximum Gasteiger partial charge on any atom is 0.248 e. The van der Waals surface area contributed by atoms with Gasteiger partial charge in [0, 0.05) is 26.0 Å². The highest BCUT2D eigenvalue weighted by Crippen LogP contribution is 2.38. The van der Waals surface area contributed by atoms with Gasteiger partial charge in [-0.1, -0.05) is 11.6 Å². The highest BCUT2D eigenvalue weighted by atomic mass is 35.5. The first-order valence-electron chi connectivity index (χ1n) is 7.04. The molecule has 0 spiro atoms. The van der Waals surface area contributed by atoms with Crippen molar-refractivity contribution < 1.29 is 8.42 Å². The molecule has 1 atom stereocenters. The van der Waals surface area contributed by atoms with Crippen LogP contribution in [0.4, 0.5) is 0 Å². The molecule has 1 unspecified atom stereocenters. The van der Waals surface area contributed by atoms with E-state index in [9.17, 15) is 8.42 Å². The molecule has 3 heterocycles. The van der Waals surface area contributed by atoms with Gasteiger partial charge in [0.1, 0.15) is 10.0 Å². The van der Waals surface area contributed by atoms with Crippen molar-refractivity contribution in [3.05, 3.63) is 40.9 Å². The van der Waals surface area contributed by atoms with Gasteiger partial charge in [0.25, 0.3) is 0 Å². The van der Waals surface area contributed by atoms with Crippen LogP contribution < -0.4 is 0 Å². The number of sulfonamides is 1. The summed E-state index contributed by atoms with van der Waals surface area (Å²) in [5.74, 6) is 0. The molecule has 2 aromatic rings. The van der Waals surface area contributed by atoms with E-state index in [1.54, 1.807) is 26.4 Å². The van der Waals surface area contributed by atoms with Crippen molar-refractivity contribution in [2.24, 2.45) is 7.05 Å². The van der Waals surface area contributed by atoms with Crippen molar-refractivity contribution in [2.75, 3.05) is 6.54 Å². The highest BCUT2D eigenvalue weighted by Gasteiger charge is 2.39. The fourth-order valence-corrected chi connectivity index (χ4v) is 5.36. The van der Waals surface area contributed by atoms with Gasteiger partial charge in [-0.2, -0.15) is 9.40 Å². The highest BCUT2D eigenvalue weighted by molar-refractivity contribution is 7.89. The van der Waals surface area contributed by atoms with Crippen LogP contribution in [0.1, 0.15) is 30.1 Å². The van der Waals surface area contributed by atoms with Gasteiger partial charge in [-0.25, -0.2) is 8.42 Å². The standard InChI is InChI=1S/C14H17ClN4O2S/c1-10-13(14(15)18(2)17-10)22(20,21)19-9-3-4-12(19)11-5-7-16-8-6-11/h5-8,12H,3-4,9H2,1-2H3. The minimum atomic E-state index is -3.68. The first-order chi connectivity index (χ1) is 10.4. The van der Waals surface area contributed by atoms with Crippen molar-refractivity contribution in [3.63, 3.8) is 0 Å². The molecule has 1 fully saturated rings. The molecule has 0 bridgehead atoms. The summed E-state index contributed by atoms with van der Waals surface area (Å²) in [5, 5.41) is 4.27. The molecule has 3 rings (SSSR count). The molecular weight excluding hydrogens is 324 g/mol. The average molecular weight is 341 g/mol. The van der Waals surface area contributed by atoms with Crippen LogP contribution in [0.3, 0.4) is 0 Å². The van der Waals surface area contributed by atoms with Crippen LogP contribution >= 0.6 is 11.6 Å². The van der Waals surface area contributed by atoms with Gasteiger partial charge in [-0.15, -0.1) is 0 Å². The summed E-state index contributed by atoms with van der Waals surface area (Å²) in [6.45, 7) is 2.15. The third kappa shape index (κ3) is 2.43. The van der Waals surface area contributed by atoms with Gasteiger partial charge >= 0.3 is 0 Å². The maximum absolute atomic E-state index is 13.0. The topological polar surface area (TPSA) is 68.1 Å². The summed E-state index contributed by atoms with van der Waals surface area (Å²) in [5.41, 5.74) is 1.38. The fourth-order valence-electron chi connectivity index (χ4n) is 2.97. The number of rotatable bonds is 3. The van der Waals surface area contributed by atoms with Crippen molar-refractivity contribution in [3.8, 4) is 0 Å². The summed E-state index contributed by atoms with van der Waals surface area (Å²) < 4.78 is 29.0. The second-order valence-corrected chi connectivity index (χ2v) is 7.57. The zero-order chi connectivity index (χ0) is 15.9. The smallest absolute Gasteiger partial charge is 0.248 e. The Hall–Kier alpha value is -1.44. The molecule has 118 valence electrons. The van der Waals surface area contributed by atoms with Crippen molar-refractivity contribution in [1.29, 1.82) is 0 Å². The van der Waals surface area contributed by atoms with Crippen molar-refractivity contribution in [1.82, 2.24) is 19.1 Å². The van der Waals surface area contributed by atoms with Crippen molar-refractivity contribution in [2.45, 2.75) is 30.7 Å². The number of aryl methyl sites for hydroxylation is 2. The predicted molar refractivity (Wildman–Crippen MR) is 83.1 cm³/mol. The van der Waals surface area contributed by atoms with E-state index in [1.165, 1.54) is 8.99 Å². The monoisotopic (exact) mass is 340 g/mol. The number of aromatic nitrogens is 3. The summed E-state index contributed by atoms with van der Waals surface area (Å²) in [4.78, 5) is 4.10. The Kier molecular flexibility index (Phi) is 3.96. The number of nitrogens with zero attached hydrogens (tertiary/aromatic N) is 4. The number of halogens is 1. The van der Waals surface area contributed by atoms with E-state index in [0.29, 0.717) is 12.2 Å². The molecule has 0 N–H and O–H groups in total. The van der Waals surface area contributed by atoms with Crippen LogP contribution in [0.25, 0.3) is 0 Å². The summed E-state index contributed by atoms with van der Waals surface area (Å²) in [7, 11) is -2.04. The second kappa shape index (κ2) is 5.64. The molecule has 1 saturated heterocycles. The van der Waals surface area contributed by atoms with Gasteiger partial charge in [0.2, 0.25) is 10.0 Å². The lowest BCUT2D eigenvalue weighted by Crippen LogP contribution is -2.31. The van der Waals surface area contributed by atoms with E-state index < -0.39 is 10.0 Å². The Morgan fingerprint density at radius 1 is 1.32 bits per heavy atom. The molecule has 1 aliphatic rings. The molecule has 8 heteroatoms. The zero-order valence-electron chi connectivity index (χ0n) is 12.4. The Morgan fingerprint density at radius 2 is 2.00 bits per heavy atom. The first kappa shape index (κ1) is 15.5. The Balaban J connectivity index is 2.05. The lowest BCUT2D eigenvalue weighted by Gasteiger charge is -2.24. The molecule has 0 aromatic carbocycles. The zero-order valence-corrected chi connectivity index (χ0v) is 14.0. The summed E-state index contributed by atoms with van der Waals surface area (Å²) in [6.07, 6.45) is 4.98. The van der Waals surface area contributed by atoms with Crippen LogP contribution in [0.15, 0.2) is 29.4 Å². The van der Waals surface area contributed by atoms with Crippen molar-refractivity contribution >= 4 is 21.6 Å². The molecule has 2 aromatic heterocycles. The van der Waals surface area contributed by atoms with E-state index in [0.717, 1.165) is 18.4 Å². The first-order valence-corrected chi connectivity index (χ1v) is 8.85. The number of hydrogen-bond donors (Lipinski definition) is 0. The molecule has 22 heavy (non-hydrogen) atoms. The van der Waals surface area contributed by atoms with Crippen LogP contribution in [0.2, 0.25) is 5.15 Å². The Labute approximate surface area is 134 Å². The van der Waals surface area contributed by atoms with E-state index in [2.05, 4.69) is 10.1 Å². The normalized spacial score (nSPS) is 19.7. The van der Waals surface area contributed by atoms with Gasteiger partial charge < -0.3 is 0 Å². The summed E-state index contributed by atoms with van der Waals surface area (Å²) >= 11 is 6.16. The SMILES string of the molecule is Cc1nn(C)c(Cl)c1S(=O)(=O)N1CCCC1c1ccncc1. The van der Waals surface area contributed by atoms with Crippen LogP contribution in [-0.2, 0) is 17.1 Å². The minimum absolute atomic E-state index is 0.109. The van der Waals surface area contributed by atoms with E-state index in [-0.39, 0.29) is 16.1 Å². The van der Waals surface area contributed by atoms with Gasteiger partial charge in [-0.3, -0.25) is 9.67 Å². The largest absolute Gasteiger partial charge is 0.265 e. The molecular formula is C14H17ClN4O2S. The lowest BCUT2D eigenvalue weighted by atomic mass is 10.1. The van der Waals surface area contributed by atoms with E-state index >= 15 is 0 Å². The molecule has 0 saturated carbocycles. The molecule has 0 radical (unpaired) electrons. The van der Waals surface area contributed by atoms with E-state index in [1.807, 2.05) is 12.1 Å². The minimum Gasteiger partial charge on any atom is -0.265 e. The third-order valence-corrected chi connectivity index (χ3v) is 6.57. The molecule has 0 aliphatic carbocycles. The predicted octanol–water partition coefficient (Wildman–Crippen LogP) is 2.30. The summed E-state index contributed by atoms with van der Waals surface area (Å²) in [6, 6.07) is 3.54. The number of hydrogen-bond acceptors (Lipinski definition) is 4. The van der Waals surface area contributed by atoms with Crippen LogP contribution in [0, 0.1) is 6.92 Å². The van der Waals surface area contributed by atoms with Crippen LogP contribution in [0.5, 0.6) is 0 Å². The van der Waals surface area contributed by atoms with Crippen LogP contribution in [-0.4, -0.2) is 34.0 Å². The number of pyridine rings is 1. The van der Waals surface area contributed by atoms with Gasteiger partial charge in [0.15, 0.2) is 0 Å². The quantitative estimate of drug-likeness (QED) is 0.859.